The Balaban J connectivity index is 1.54. The third-order valence-electron chi connectivity index (χ3n) is 5.51. The Kier molecular flexibility index (Phi) is 7.30. The molecule has 0 spiro atoms. The molecule has 0 radical (unpaired) electrons. The minimum absolute atomic E-state index is 0.0825. The Morgan fingerprint density at radius 2 is 1.91 bits per heavy atom. The molecule has 1 aliphatic heterocycles. The normalized spacial score (nSPS) is 15.8. The van der Waals surface area contributed by atoms with Crippen molar-refractivity contribution in [1.82, 2.24) is 15.2 Å². The lowest BCUT2D eigenvalue weighted by atomic mass is 10.0. The Morgan fingerprint density at radius 3 is 2.62 bits per heavy atom. The molecule has 1 saturated heterocycles. The van der Waals surface area contributed by atoms with Gasteiger partial charge in [0.15, 0.2) is 5.69 Å². The number of rotatable bonds is 6. The van der Waals surface area contributed by atoms with Crippen molar-refractivity contribution in [2.24, 2.45) is 0 Å². The van der Waals surface area contributed by atoms with Gasteiger partial charge in [0.1, 0.15) is 15.7 Å². The molecule has 1 unspecified atom stereocenters. The second kappa shape index (κ2) is 10.2. The summed E-state index contributed by atoms with van der Waals surface area (Å²) in [4.78, 5) is 18.1. The van der Waals surface area contributed by atoms with Gasteiger partial charge in [0.25, 0.3) is 5.91 Å². The van der Waals surface area contributed by atoms with Crippen molar-refractivity contribution < 1.29 is 27.1 Å². The summed E-state index contributed by atoms with van der Waals surface area (Å²) in [6.07, 6.45) is -4.85. The van der Waals surface area contributed by atoms with Crippen molar-refractivity contribution in [3.05, 3.63) is 76.0 Å². The minimum Gasteiger partial charge on any atom is -0.379 e. The van der Waals surface area contributed by atoms with Crippen LogP contribution >= 0.6 is 11.3 Å². The van der Waals surface area contributed by atoms with Gasteiger partial charge in [-0.25, -0.2) is 9.37 Å². The summed E-state index contributed by atoms with van der Waals surface area (Å²) in [7, 11) is 0. The number of carbonyl (C=O) groups excluding carboxylic acids is 1. The molecule has 0 saturated carbocycles. The molecule has 3 aromatic rings. The zero-order chi connectivity index (χ0) is 24.3. The fourth-order valence-corrected chi connectivity index (χ4v) is 4.76. The summed E-state index contributed by atoms with van der Waals surface area (Å²) >= 11 is 0.524. The monoisotopic (exact) mass is 493 g/mol. The molecule has 1 amide bonds. The number of nitrogens with zero attached hydrogens (tertiary/aromatic N) is 2. The molecular weight excluding hydrogens is 470 g/mol. The number of thiazole rings is 1. The molecule has 1 aliphatic rings. The number of carbonyl (C=O) groups is 1. The summed E-state index contributed by atoms with van der Waals surface area (Å²) in [5.74, 6) is -1.61. The van der Waals surface area contributed by atoms with E-state index in [2.05, 4.69) is 15.2 Å². The molecule has 4 rings (SSSR count). The van der Waals surface area contributed by atoms with Crippen LogP contribution in [-0.2, 0) is 17.5 Å². The number of halogens is 4. The highest BCUT2D eigenvalue weighted by Gasteiger charge is 2.40. The fourth-order valence-electron chi connectivity index (χ4n) is 3.74. The van der Waals surface area contributed by atoms with Gasteiger partial charge in [-0.3, -0.25) is 9.69 Å². The number of amides is 1. The highest BCUT2D eigenvalue weighted by Crippen LogP contribution is 2.38. The van der Waals surface area contributed by atoms with Crippen LogP contribution in [-0.4, -0.2) is 42.1 Å². The summed E-state index contributed by atoms with van der Waals surface area (Å²) in [5.41, 5.74) is 0.407. The molecule has 180 valence electrons. The van der Waals surface area contributed by atoms with Crippen molar-refractivity contribution in [3.8, 4) is 10.6 Å². The highest BCUT2D eigenvalue weighted by molar-refractivity contribution is 7.17. The molecule has 5 nitrogen and oxygen atoms in total. The summed E-state index contributed by atoms with van der Waals surface area (Å²) < 4.78 is 60.4. The minimum atomic E-state index is -4.85. The van der Waals surface area contributed by atoms with E-state index in [1.165, 1.54) is 18.2 Å². The zero-order valence-corrected chi connectivity index (χ0v) is 19.2. The number of nitrogens with one attached hydrogen (secondary N) is 1. The molecular formula is C24H23F4N3O2S. The quantitative estimate of drug-likeness (QED) is 0.474. The van der Waals surface area contributed by atoms with E-state index in [9.17, 15) is 22.4 Å². The lowest BCUT2D eigenvalue weighted by Crippen LogP contribution is -2.35. The number of morpholine rings is 1. The first-order chi connectivity index (χ1) is 16.2. The number of ether oxygens (including phenoxy) is 1. The van der Waals surface area contributed by atoms with Crippen molar-refractivity contribution in [1.29, 1.82) is 0 Å². The van der Waals surface area contributed by atoms with Crippen LogP contribution in [0.4, 0.5) is 17.6 Å². The van der Waals surface area contributed by atoms with Crippen molar-refractivity contribution in [2.75, 3.05) is 26.3 Å². The van der Waals surface area contributed by atoms with E-state index >= 15 is 0 Å². The van der Waals surface area contributed by atoms with E-state index in [1.54, 1.807) is 6.92 Å². The van der Waals surface area contributed by atoms with E-state index in [1.807, 2.05) is 24.3 Å². The summed E-state index contributed by atoms with van der Waals surface area (Å²) in [6, 6.07) is 12.4. The first-order valence-electron chi connectivity index (χ1n) is 10.7. The molecule has 34 heavy (non-hydrogen) atoms. The predicted octanol–water partition coefficient (Wildman–Crippen LogP) is 5.29. The van der Waals surface area contributed by atoms with Gasteiger partial charge in [0, 0.05) is 25.2 Å². The van der Waals surface area contributed by atoms with Crippen LogP contribution in [0.15, 0.2) is 48.5 Å². The number of hydrogen-bond acceptors (Lipinski definition) is 5. The Labute approximate surface area is 198 Å². The summed E-state index contributed by atoms with van der Waals surface area (Å²) in [6.45, 7) is 5.43. The van der Waals surface area contributed by atoms with Gasteiger partial charge in [-0.2, -0.15) is 13.2 Å². The van der Waals surface area contributed by atoms with E-state index in [4.69, 9.17) is 4.74 Å². The average molecular weight is 494 g/mol. The van der Waals surface area contributed by atoms with Crippen LogP contribution in [0, 0.1) is 5.82 Å². The van der Waals surface area contributed by atoms with Gasteiger partial charge >= 0.3 is 6.18 Å². The molecule has 1 fully saturated rings. The molecule has 2 aromatic carbocycles. The van der Waals surface area contributed by atoms with E-state index < -0.39 is 34.5 Å². The topological polar surface area (TPSA) is 54.5 Å². The van der Waals surface area contributed by atoms with Crippen LogP contribution in [0.3, 0.4) is 0 Å². The third-order valence-corrected chi connectivity index (χ3v) is 6.60. The number of hydrogen-bond donors (Lipinski definition) is 1. The second-order valence-electron chi connectivity index (χ2n) is 8.00. The molecule has 1 atom stereocenters. The number of alkyl halides is 3. The van der Waals surface area contributed by atoms with Crippen LogP contribution in [0.1, 0.15) is 39.5 Å². The third kappa shape index (κ3) is 5.63. The van der Waals surface area contributed by atoms with E-state index in [-0.39, 0.29) is 10.6 Å². The predicted molar refractivity (Wildman–Crippen MR) is 121 cm³/mol. The maximum atomic E-state index is 14.1. The zero-order valence-electron chi connectivity index (χ0n) is 18.4. The fraction of sp³-hybridized carbons (Fsp3) is 0.333. The Bertz CT molecular complexity index is 1160. The first-order valence-corrected chi connectivity index (χ1v) is 11.6. The van der Waals surface area contributed by atoms with Gasteiger partial charge in [-0.05, 0) is 30.2 Å². The van der Waals surface area contributed by atoms with Gasteiger partial charge in [-0.15, -0.1) is 11.3 Å². The molecule has 0 aliphatic carbocycles. The lowest BCUT2D eigenvalue weighted by Gasteiger charge is -2.27. The second-order valence-corrected chi connectivity index (χ2v) is 9.00. The van der Waals surface area contributed by atoms with Gasteiger partial charge in [-0.1, -0.05) is 36.4 Å². The smallest absolute Gasteiger partial charge is 0.379 e. The van der Waals surface area contributed by atoms with E-state index in [0.717, 1.165) is 36.8 Å². The molecule has 1 N–H and O–H groups in total. The van der Waals surface area contributed by atoms with Crippen molar-refractivity contribution in [2.45, 2.75) is 25.7 Å². The standard InChI is InChI=1S/C24H23F4N3O2S/c1-15(17-6-4-5-16(13-17)14-31-9-11-33-12-10-31)29-22(32)20-21(24(26,27)28)30-23(34-20)18-7-2-3-8-19(18)25/h2-8,13,15H,9-12,14H2,1H3,(H,29,32). The van der Waals surface area contributed by atoms with Gasteiger partial charge in [0.2, 0.25) is 0 Å². The van der Waals surface area contributed by atoms with Crippen LogP contribution in [0.25, 0.3) is 10.6 Å². The Morgan fingerprint density at radius 1 is 1.18 bits per heavy atom. The maximum Gasteiger partial charge on any atom is 0.435 e. The van der Waals surface area contributed by atoms with Gasteiger partial charge in [0.05, 0.1) is 19.3 Å². The largest absolute Gasteiger partial charge is 0.435 e. The molecule has 2 heterocycles. The summed E-state index contributed by atoms with van der Waals surface area (Å²) in [5, 5.41) is 2.44. The maximum absolute atomic E-state index is 14.1. The van der Waals surface area contributed by atoms with Crippen molar-refractivity contribution in [3.63, 3.8) is 0 Å². The number of aromatic nitrogens is 1. The SMILES string of the molecule is CC(NC(=O)c1sc(-c2ccccc2F)nc1C(F)(F)F)c1cccc(CN2CCOCC2)c1. The molecule has 0 bridgehead atoms. The lowest BCUT2D eigenvalue weighted by molar-refractivity contribution is -0.141. The van der Waals surface area contributed by atoms with Gasteiger partial charge < -0.3 is 10.1 Å². The van der Waals surface area contributed by atoms with Crippen LogP contribution < -0.4 is 5.32 Å². The molecule has 1 aromatic heterocycles. The van der Waals surface area contributed by atoms with Crippen molar-refractivity contribution >= 4 is 17.2 Å². The van der Waals surface area contributed by atoms with Crippen LogP contribution in [0.2, 0.25) is 0 Å². The van der Waals surface area contributed by atoms with E-state index in [0.29, 0.717) is 24.6 Å². The number of benzene rings is 2. The van der Waals surface area contributed by atoms with Crippen LogP contribution in [0.5, 0.6) is 0 Å². The average Bonchev–Trinajstić information content (AvgIpc) is 3.26. The Hall–Kier alpha value is -2.82. The first kappa shape index (κ1) is 24.3. The molecule has 10 heteroatoms. The highest BCUT2D eigenvalue weighted by atomic mass is 32.1.